The first-order valence-corrected chi connectivity index (χ1v) is 7.80. The van der Waals surface area contributed by atoms with Crippen molar-refractivity contribution in [3.63, 3.8) is 0 Å². The molecule has 1 spiro atoms. The van der Waals surface area contributed by atoms with Crippen LogP contribution in [0.4, 0.5) is 0 Å². The standard InChI is InChI=1S/C16H28N2O3/c1-15(2,3)9-17-10-16(11-17)7-8-18(12-16)13(19)5-6-14(20)21-4/h5-12H2,1-4H3. The zero-order chi connectivity index (χ0) is 15.7. The van der Waals surface area contributed by atoms with E-state index in [4.69, 9.17) is 0 Å². The second-order valence-corrected chi connectivity index (χ2v) is 7.85. The van der Waals surface area contributed by atoms with Crippen molar-refractivity contribution in [3.8, 4) is 0 Å². The summed E-state index contributed by atoms with van der Waals surface area (Å²) in [5, 5.41) is 0. The van der Waals surface area contributed by atoms with Gasteiger partial charge in [0, 0.05) is 44.6 Å². The van der Waals surface area contributed by atoms with Crippen molar-refractivity contribution < 1.29 is 14.3 Å². The third-order valence-electron chi connectivity index (χ3n) is 4.38. The van der Waals surface area contributed by atoms with E-state index in [1.165, 1.54) is 7.11 Å². The molecule has 0 N–H and O–H groups in total. The van der Waals surface area contributed by atoms with Crippen molar-refractivity contribution in [1.82, 2.24) is 9.80 Å². The minimum absolute atomic E-state index is 0.0894. The van der Waals surface area contributed by atoms with E-state index in [0.29, 0.717) is 10.8 Å². The molecule has 0 aromatic carbocycles. The highest BCUT2D eigenvalue weighted by atomic mass is 16.5. The maximum Gasteiger partial charge on any atom is 0.306 e. The summed E-state index contributed by atoms with van der Waals surface area (Å²) in [6.45, 7) is 11.8. The first-order chi connectivity index (χ1) is 9.73. The van der Waals surface area contributed by atoms with Crippen LogP contribution in [0.15, 0.2) is 0 Å². The van der Waals surface area contributed by atoms with Crippen LogP contribution in [0, 0.1) is 10.8 Å². The van der Waals surface area contributed by atoms with Crippen LogP contribution in [0.1, 0.15) is 40.0 Å². The normalized spacial score (nSPS) is 21.4. The van der Waals surface area contributed by atoms with E-state index in [1.807, 2.05) is 4.90 Å². The Morgan fingerprint density at radius 2 is 1.81 bits per heavy atom. The molecule has 2 saturated heterocycles. The van der Waals surface area contributed by atoms with Crippen LogP contribution in [-0.4, -0.2) is 61.5 Å². The molecule has 5 nitrogen and oxygen atoms in total. The van der Waals surface area contributed by atoms with Gasteiger partial charge in [-0.2, -0.15) is 0 Å². The second-order valence-electron chi connectivity index (χ2n) is 7.85. The number of rotatable bonds is 4. The average molecular weight is 296 g/mol. The Labute approximate surface area is 127 Å². The van der Waals surface area contributed by atoms with Gasteiger partial charge in [0.15, 0.2) is 0 Å². The van der Waals surface area contributed by atoms with Crippen LogP contribution in [0.2, 0.25) is 0 Å². The third-order valence-corrected chi connectivity index (χ3v) is 4.38. The lowest BCUT2D eigenvalue weighted by Crippen LogP contribution is -2.59. The van der Waals surface area contributed by atoms with E-state index < -0.39 is 0 Å². The summed E-state index contributed by atoms with van der Waals surface area (Å²) in [6.07, 6.45) is 1.56. The SMILES string of the molecule is COC(=O)CCC(=O)N1CCC2(CN(CC(C)(C)C)C2)C1. The Morgan fingerprint density at radius 3 is 2.38 bits per heavy atom. The molecular formula is C16H28N2O3. The molecular weight excluding hydrogens is 268 g/mol. The van der Waals surface area contributed by atoms with Crippen molar-refractivity contribution in [2.75, 3.05) is 39.8 Å². The predicted molar refractivity (Wildman–Crippen MR) is 80.8 cm³/mol. The number of methoxy groups -OCH3 is 1. The average Bonchev–Trinajstić information content (AvgIpc) is 2.78. The van der Waals surface area contributed by atoms with Crippen LogP contribution < -0.4 is 0 Å². The van der Waals surface area contributed by atoms with Crippen LogP contribution >= 0.6 is 0 Å². The number of hydrogen-bond donors (Lipinski definition) is 0. The summed E-state index contributed by atoms with van der Waals surface area (Å²) in [5.74, 6) is -0.219. The molecule has 0 atom stereocenters. The molecule has 2 heterocycles. The van der Waals surface area contributed by atoms with Gasteiger partial charge in [0.1, 0.15) is 0 Å². The van der Waals surface area contributed by atoms with E-state index in [0.717, 1.165) is 39.1 Å². The summed E-state index contributed by atoms with van der Waals surface area (Å²) in [5.41, 5.74) is 0.641. The molecule has 0 saturated carbocycles. The number of carbonyl (C=O) groups excluding carboxylic acids is 2. The number of carbonyl (C=O) groups is 2. The summed E-state index contributed by atoms with van der Waals surface area (Å²) in [6, 6.07) is 0. The fourth-order valence-corrected chi connectivity index (χ4v) is 3.56. The molecule has 1 amide bonds. The Hall–Kier alpha value is -1.10. The Balaban J connectivity index is 1.75. The van der Waals surface area contributed by atoms with Gasteiger partial charge in [0.25, 0.3) is 0 Å². The van der Waals surface area contributed by atoms with E-state index in [2.05, 4.69) is 30.4 Å². The van der Waals surface area contributed by atoms with Crippen molar-refractivity contribution >= 4 is 11.9 Å². The van der Waals surface area contributed by atoms with Gasteiger partial charge in [-0.25, -0.2) is 0 Å². The van der Waals surface area contributed by atoms with Crippen molar-refractivity contribution in [1.29, 1.82) is 0 Å². The van der Waals surface area contributed by atoms with Crippen molar-refractivity contribution in [2.24, 2.45) is 10.8 Å². The molecule has 0 bridgehead atoms. The molecule has 21 heavy (non-hydrogen) atoms. The van der Waals surface area contributed by atoms with Crippen molar-refractivity contribution in [2.45, 2.75) is 40.0 Å². The number of esters is 1. The quantitative estimate of drug-likeness (QED) is 0.738. The number of ether oxygens (including phenoxy) is 1. The van der Waals surface area contributed by atoms with Crippen molar-refractivity contribution in [3.05, 3.63) is 0 Å². The molecule has 5 heteroatoms. The Morgan fingerprint density at radius 1 is 1.14 bits per heavy atom. The number of amides is 1. The highest BCUT2D eigenvalue weighted by molar-refractivity contribution is 5.81. The fraction of sp³-hybridized carbons (Fsp3) is 0.875. The largest absolute Gasteiger partial charge is 0.469 e. The Bertz CT molecular complexity index is 408. The predicted octanol–water partition coefficient (Wildman–Crippen LogP) is 1.52. The smallest absolute Gasteiger partial charge is 0.306 e. The van der Waals surface area contributed by atoms with Gasteiger partial charge >= 0.3 is 5.97 Å². The summed E-state index contributed by atoms with van der Waals surface area (Å²) < 4.78 is 4.58. The molecule has 2 aliphatic rings. The first kappa shape index (κ1) is 16.3. The highest BCUT2D eigenvalue weighted by Crippen LogP contribution is 2.40. The molecule has 0 aliphatic carbocycles. The van der Waals surface area contributed by atoms with Crippen LogP contribution in [0.5, 0.6) is 0 Å². The van der Waals surface area contributed by atoms with Gasteiger partial charge in [0.2, 0.25) is 5.91 Å². The summed E-state index contributed by atoms with van der Waals surface area (Å²) in [4.78, 5) is 27.6. The van der Waals surface area contributed by atoms with Crippen LogP contribution in [-0.2, 0) is 14.3 Å². The maximum atomic E-state index is 12.1. The molecule has 2 fully saturated rings. The maximum absolute atomic E-state index is 12.1. The minimum atomic E-state index is -0.308. The topological polar surface area (TPSA) is 49.9 Å². The van der Waals surface area contributed by atoms with Gasteiger partial charge < -0.3 is 14.5 Å². The second kappa shape index (κ2) is 5.95. The van der Waals surface area contributed by atoms with Gasteiger partial charge in [-0.05, 0) is 11.8 Å². The Kier molecular flexibility index (Phi) is 4.61. The van der Waals surface area contributed by atoms with Gasteiger partial charge in [-0.1, -0.05) is 20.8 Å². The first-order valence-electron chi connectivity index (χ1n) is 7.80. The summed E-state index contributed by atoms with van der Waals surface area (Å²) >= 11 is 0. The number of hydrogen-bond acceptors (Lipinski definition) is 4. The molecule has 0 unspecified atom stereocenters. The number of likely N-dealkylation sites (tertiary alicyclic amines) is 2. The van der Waals surface area contributed by atoms with Gasteiger partial charge in [-0.15, -0.1) is 0 Å². The van der Waals surface area contributed by atoms with Crippen LogP contribution in [0.25, 0.3) is 0 Å². The minimum Gasteiger partial charge on any atom is -0.469 e. The third kappa shape index (κ3) is 4.19. The van der Waals surface area contributed by atoms with E-state index >= 15 is 0 Å². The van der Waals surface area contributed by atoms with Crippen LogP contribution in [0.3, 0.4) is 0 Å². The highest BCUT2D eigenvalue weighted by Gasteiger charge is 2.48. The van der Waals surface area contributed by atoms with Gasteiger partial charge in [-0.3, -0.25) is 9.59 Å². The monoisotopic (exact) mass is 296 g/mol. The number of nitrogens with zero attached hydrogens (tertiary/aromatic N) is 2. The zero-order valence-corrected chi connectivity index (χ0v) is 13.8. The van der Waals surface area contributed by atoms with E-state index in [-0.39, 0.29) is 24.7 Å². The molecule has 120 valence electrons. The molecule has 0 aromatic rings. The van der Waals surface area contributed by atoms with E-state index in [9.17, 15) is 9.59 Å². The zero-order valence-electron chi connectivity index (χ0n) is 13.8. The molecule has 0 aromatic heterocycles. The molecule has 2 rings (SSSR count). The fourth-order valence-electron chi connectivity index (χ4n) is 3.56. The summed E-state index contributed by atoms with van der Waals surface area (Å²) in [7, 11) is 1.36. The molecule has 0 radical (unpaired) electrons. The lowest BCUT2D eigenvalue weighted by molar-refractivity contribution is -0.143. The van der Waals surface area contributed by atoms with E-state index in [1.54, 1.807) is 0 Å². The lowest BCUT2D eigenvalue weighted by Gasteiger charge is -2.50. The lowest BCUT2D eigenvalue weighted by atomic mass is 9.77. The van der Waals surface area contributed by atoms with Gasteiger partial charge in [0.05, 0.1) is 13.5 Å². The molecule has 2 aliphatic heterocycles.